The van der Waals surface area contributed by atoms with Crippen LogP contribution in [0.15, 0.2) is 30.3 Å². The largest absolute Gasteiger partial charge is 0.349 e. The maximum atomic E-state index is 11.4. The van der Waals surface area contributed by atoms with E-state index in [4.69, 9.17) is 5.73 Å². The molecule has 0 spiro atoms. The molecular formula is C12H15N3O3. The summed E-state index contributed by atoms with van der Waals surface area (Å²) >= 11 is 0. The van der Waals surface area contributed by atoms with Crippen LogP contribution in [0.4, 0.5) is 5.69 Å². The summed E-state index contributed by atoms with van der Waals surface area (Å²) in [5.41, 5.74) is 6.11. The first kappa shape index (κ1) is 13.9. The molecule has 1 atom stereocenters. The van der Waals surface area contributed by atoms with Gasteiger partial charge in [0.1, 0.15) is 0 Å². The molecule has 0 fully saturated rings. The van der Waals surface area contributed by atoms with Crippen molar-refractivity contribution in [2.24, 2.45) is 5.73 Å². The minimum atomic E-state index is -0.469. The van der Waals surface area contributed by atoms with Crippen LogP contribution in [-0.2, 0) is 4.79 Å². The first-order valence-electron chi connectivity index (χ1n) is 5.46. The van der Waals surface area contributed by atoms with E-state index in [1.807, 2.05) is 0 Å². The molecule has 0 saturated carbocycles. The second kappa shape index (κ2) is 6.51. The molecule has 6 heteroatoms. The predicted octanol–water partition coefficient (Wildman–Crippen LogP) is 1.07. The van der Waals surface area contributed by atoms with Gasteiger partial charge in [0.05, 0.1) is 4.92 Å². The number of rotatable bonds is 5. The molecule has 1 aromatic rings. The predicted molar refractivity (Wildman–Crippen MR) is 68.8 cm³/mol. The fourth-order valence-electron chi connectivity index (χ4n) is 1.23. The van der Waals surface area contributed by atoms with Crippen molar-refractivity contribution in [3.8, 4) is 0 Å². The van der Waals surface area contributed by atoms with Crippen molar-refractivity contribution in [2.75, 3.05) is 6.54 Å². The number of nitrogens with two attached hydrogens (primary N) is 1. The summed E-state index contributed by atoms with van der Waals surface area (Å²) in [5, 5.41) is 13.1. The van der Waals surface area contributed by atoms with Crippen molar-refractivity contribution in [2.45, 2.75) is 13.0 Å². The Morgan fingerprint density at radius 1 is 1.50 bits per heavy atom. The molecule has 3 N–H and O–H groups in total. The highest BCUT2D eigenvalue weighted by molar-refractivity contribution is 5.91. The first-order chi connectivity index (χ1) is 8.52. The minimum absolute atomic E-state index is 0.0216. The van der Waals surface area contributed by atoms with Crippen molar-refractivity contribution in [1.29, 1.82) is 0 Å². The van der Waals surface area contributed by atoms with Gasteiger partial charge in [-0.1, -0.05) is 0 Å². The fourth-order valence-corrected chi connectivity index (χ4v) is 1.23. The van der Waals surface area contributed by atoms with E-state index in [2.05, 4.69) is 5.32 Å². The second-order valence-electron chi connectivity index (χ2n) is 3.83. The number of carbonyl (C=O) groups excluding carboxylic acids is 1. The normalized spacial score (nSPS) is 12.3. The zero-order valence-corrected chi connectivity index (χ0v) is 10.00. The lowest BCUT2D eigenvalue weighted by Crippen LogP contribution is -2.36. The Kier molecular flexibility index (Phi) is 5.01. The van der Waals surface area contributed by atoms with Crippen LogP contribution >= 0.6 is 0 Å². The molecule has 0 aliphatic heterocycles. The van der Waals surface area contributed by atoms with Gasteiger partial charge in [-0.25, -0.2) is 0 Å². The molecule has 6 nitrogen and oxygen atoms in total. The van der Waals surface area contributed by atoms with Gasteiger partial charge in [-0.3, -0.25) is 14.9 Å². The molecule has 0 unspecified atom stereocenters. The summed E-state index contributed by atoms with van der Waals surface area (Å²) in [6.45, 7) is 2.18. The Morgan fingerprint density at radius 2 is 2.11 bits per heavy atom. The van der Waals surface area contributed by atoms with E-state index in [1.165, 1.54) is 18.2 Å². The number of amides is 1. The highest BCUT2D eigenvalue weighted by atomic mass is 16.6. The number of nitro groups is 1. The lowest BCUT2D eigenvalue weighted by Gasteiger charge is -2.08. The third kappa shape index (κ3) is 4.34. The number of benzene rings is 1. The molecule has 0 bridgehead atoms. The molecule has 0 saturated heterocycles. The Labute approximate surface area is 105 Å². The van der Waals surface area contributed by atoms with Gasteiger partial charge < -0.3 is 11.1 Å². The molecule has 0 aliphatic rings. The third-order valence-corrected chi connectivity index (χ3v) is 2.27. The average Bonchev–Trinajstić information content (AvgIpc) is 2.36. The Morgan fingerprint density at radius 3 is 2.61 bits per heavy atom. The van der Waals surface area contributed by atoms with Crippen LogP contribution in [0, 0.1) is 10.1 Å². The Balaban J connectivity index is 2.61. The first-order valence-corrected chi connectivity index (χ1v) is 5.46. The zero-order chi connectivity index (χ0) is 13.5. The van der Waals surface area contributed by atoms with Crippen LogP contribution < -0.4 is 11.1 Å². The summed E-state index contributed by atoms with van der Waals surface area (Å²) < 4.78 is 0. The second-order valence-corrected chi connectivity index (χ2v) is 3.83. The number of carbonyl (C=O) groups is 1. The smallest absolute Gasteiger partial charge is 0.269 e. The lowest BCUT2D eigenvalue weighted by molar-refractivity contribution is -0.384. The maximum absolute atomic E-state index is 11.4. The van der Waals surface area contributed by atoms with Gasteiger partial charge in [-0.2, -0.15) is 0 Å². The highest BCUT2D eigenvalue weighted by Crippen LogP contribution is 2.12. The van der Waals surface area contributed by atoms with Crippen molar-refractivity contribution >= 4 is 17.7 Å². The van der Waals surface area contributed by atoms with E-state index in [9.17, 15) is 14.9 Å². The van der Waals surface area contributed by atoms with Crippen LogP contribution in [-0.4, -0.2) is 23.4 Å². The molecule has 0 radical (unpaired) electrons. The number of hydrogen-bond acceptors (Lipinski definition) is 4. The Bertz CT molecular complexity index is 454. The summed E-state index contributed by atoms with van der Waals surface area (Å²) in [5.74, 6) is -0.244. The van der Waals surface area contributed by atoms with Crippen LogP contribution in [0.25, 0.3) is 6.08 Å². The summed E-state index contributed by atoms with van der Waals surface area (Å²) in [4.78, 5) is 21.4. The van der Waals surface area contributed by atoms with Gasteiger partial charge >= 0.3 is 0 Å². The van der Waals surface area contributed by atoms with Crippen LogP contribution in [0.5, 0.6) is 0 Å². The van der Waals surface area contributed by atoms with Gasteiger partial charge in [0.2, 0.25) is 5.91 Å². The number of nitro benzene ring substituents is 1. The highest BCUT2D eigenvalue weighted by Gasteiger charge is 2.03. The summed E-state index contributed by atoms with van der Waals surface area (Å²) in [7, 11) is 0. The molecule has 1 rings (SSSR count). The molecule has 1 aromatic carbocycles. The maximum Gasteiger partial charge on any atom is 0.269 e. The number of hydrogen-bond donors (Lipinski definition) is 2. The van der Waals surface area contributed by atoms with Crippen LogP contribution in [0.2, 0.25) is 0 Å². The SMILES string of the molecule is C[C@H](CN)NC(=O)/C=C/c1ccc([N+](=O)[O-])cc1. The van der Waals surface area contributed by atoms with Gasteiger partial charge in [-0.15, -0.1) is 0 Å². The van der Waals surface area contributed by atoms with E-state index in [0.29, 0.717) is 6.54 Å². The molecule has 0 aliphatic carbocycles. The summed E-state index contributed by atoms with van der Waals surface area (Å²) in [6, 6.07) is 5.85. The average molecular weight is 249 g/mol. The van der Waals surface area contributed by atoms with Crippen molar-refractivity contribution in [3.63, 3.8) is 0 Å². The molecule has 96 valence electrons. The quantitative estimate of drug-likeness (QED) is 0.463. The third-order valence-electron chi connectivity index (χ3n) is 2.27. The van der Waals surface area contributed by atoms with E-state index in [1.54, 1.807) is 25.1 Å². The fraction of sp³-hybridized carbons (Fsp3) is 0.250. The molecule has 18 heavy (non-hydrogen) atoms. The van der Waals surface area contributed by atoms with Gasteiger partial charge in [0, 0.05) is 30.8 Å². The van der Waals surface area contributed by atoms with Gasteiger partial charge in [0.15, 0.2) is 0 Å². The van der Waals surface area contributed by atoms with E-state index in [-0.39, 0.29) is 17.6 Å². The lowest BCUT2D eigenvalue weighted by atomic mass is 10.2. The van der Waals surface area contributed by atoms with E-state index >= 15 is 0 Å². The standard InChI is InChI=1S/C12H15N3O3/c1-9(8-13)14-12(16)7-4-10-2-5-11(6-3-10)15(17)18/h2-7,9H,8,13H2,1H3,(H,14,16)/b7-4+/t9-/m1/s1. The van der Waals surface area contributed by atoms with Crippen LogP contribution in [0.3, 0.4) is 0 Å². The van der Waals surface area contributed by atoms with Gasteiger partial charge in [-0.05, 0) is 30.7 Å². The molecule has 1 amide bonds. The number of non-ortho nitro benzene ring substituents is 1. The topological polar surface area (TPSA) is 98.3 Å². The van der Waals surface area contributed by atoms with Crippen molar-refractivity contribution < 1.29 is 9.72 Å². The molecular weight excluding hydrogens is 234 g/mol. The van der Waals surface area contributed by atoms with Crippen LogP contribution in [0.1, 0.15) is 12.5 Å². The molecule has 0 heterocycles. The zero-order valence-electron chi connectivity index (χ0n) is 10.00. The van der Waals surface area contributed by atoms with E-state index in [0.717, 1.165) is 5.56 Å². The van der Waals surface area contributed by atoms with Crippen molar-refractivity contribution in [1.82, 2.24) is 5.32 Å². The Hall–Kier alpha value is -2.21. The monoisotopic (exact) mass is 249 g/mol. The molecule has 0 aromatic heterocycles. The number of nitrogens with zero attached hydrogens (tertiary/aromatic N) is 1. The van der Waals surface area contributed by atoms with Crippen molar-refractivity contribution in [3.05, 3.63) is 46.0 Å². The number of nitrogens with one attached hydrogen (secondary N) is 1. The summed E-state index contributed by atoms with van der Waals surface area (Å²) in [6.07, 6.45) is 2.95. The minimum Gasteiger partial charge on any atom is -0.349 e. The van der Waals surface area contributed by atoms with E-state index < -0.39 is 4.92 Å². The van der Waals surface area contributed by atoms with Gasteiger partial charge in [0.25, 0.3) is 5.69 Å².